The SMILES string of the molecule is COC(=O)c1nc2oc1C13c4ccccc4N[C@H]1Oc1ccc(cc13)CC(CC(=O)[C@@H]1C[C@@H](O)CN1)C(=O)NC2C(C)C.Cl. The van der Waals surface area contributed by atoms with Crippen molar-refractivity contribution < 1.29 is 33.4 Å². The molecular formula is C32H35ClN4O7. The van der Waals surface area contributed by atoms with Gasteiger partial charge in [-0.15, -0.1) is 12.4 Å². The molecule has 44 heavy (non-hydrogen) atoms. The number of ether oxygens (including phenoxy) is 2. The predicted octanol–water partition coefficient (Wildman–Crippen LogP) is 3.03. The van der Waals surface area contributed by atoms with E-state index in [1.54, 1.807) is 0 Å². The number of β-amino-alcohol motifs (C(OH)–C–C–N with tert-alkyl or cyclic N) is 1. The molecule has 1 fully saturated rings. The second-order valence-corrected chi connectivity index (χ2v) is 12.2. The molecule has 4 aliphatic heterocycles. The Labute approximate surface area is 260 Å². The third kappa shape index (κ3) is 4.56. The standard InChI is InChI=1S/C32H34N4O7.ClH/c1-15(2)25-29-36-26(30(40)41-3)27(43-29)32-19-6-4-5-7-21(19)34-31(32)42-24-9-8-16(11-20(24)32)10-17(28(39)35-25)12-23(38)22-13-18(37)14-33-22;/h4-9,11,15,17-18,22,25,31,33-34,37H,10,12-14H2,1-3H3,(H,35,39);1H/t17?,18-,22+,25?,31+,32?;/m1./s1. The number of methoxy groups -OCH3 is 1. The minimum absolute atomic E-state index is 0. The maximum atomic E-state index is 13.9. The van der Waals surface area contributed by atoms with E-state index >= 15 is 0 Å². The van der Waals surface area contributed by atoms with Gasteiger partial charge in [0, 0.05) is 30.1 Å². The van der Waals surface area contributed by atoms with Gasteiger partial charge in [-0.3, -0.25) is 9.59 Å². The van der Waals surface area contributed by atoms with E-state index in [0.717, 1.165) is 22.4 Å². The number of Topliss-reactive ketones (excluding diaryl/α,β-unsaturated/α-hetero) is 1. The molecule has 4 aliphatic rings. The molecule has 3 unspecified atom stereocenters. The zero-order valence-corrected chi connectivity index (χ0v) is 25.4. The quantitative estimate of drug-likeness (QED) is 0.313. The fourth-order valence-corrected chi connectivity index (χ4v) is 7.00. The highest BCUT2D eigenvalue weighted by Gasteiger charge is 2.61. The molecule has 11 nitrogen and oxygen atoms in total. The Bertz CT molecular complexity index is 1640. The number of halogens is 1. The van der Waals surface area contributed by atoms with Crippen molar-refractivity contribution in [1.29, 1.82) is 0 Å². The smallest absolute Gasteiger partial charge is 0.360 e. The number of nitrogens with one attached hydrogen (secondary N) is 3. The Morgan fingerprint density at radius 1 is 1.16 bits per heavy atom. The number of carbonyl (C=O) groups excluding carboxylic acids is 3. The molecule has 1 aromatic heterocycles. The average Bonchev–Trinajstić information content (AvgIpc) is 3.75. The number of aliphatic hydroxyl groups is 1. The van der Waals surface area contributed by atoms with Crippen LogP contribution in [0.2, 0.25) is 0 Å². The van der Waals surface area contributed by atoms with Crippen molar-refractivity contribution >= 4 is 35.8 Å². The van der Waals surface area contributed by atoms with Crippen molar-refractivity contribution in [3.8, 4) is 5.75 Å². The van der Waals surface area contributed by atoms with Gasteiger partial charge in [-0.25, -0.2) is 9.78 Å². The number of aliphatic hydroxyl groups excluding tert-OH is 1. The molecule has 1 spiro atoms. The van der Waals surface area contributed by atoms with Crippen LogP contribution in [0.5, 0.6) is 5.75 Å². The number of ketones is 1. The number of fused-ring (bicyclic) bond motifs is 4. The minimum atomic E-state index is -1.07. The topological polar surface area (TPSA) is 152 Å². The first kappa shape index (κ1) is 30.1. The van der Waals surface area contributed by atoms with Crippen LogP contribution in [0.3, 0.4) is 0 Å². The first-order chi connectivity index (χ1) is 20.7. The Hall–Kier alpha value is -3.93. The van der Waals surface area contributed by atoms with Gasteiger partial charge in [0.25, 0.3) is 0 Å². The lowest BCUT2D eigenvalue weighted by molar-refractivity contribution is -0.131. The van der Waals surface area contributed by atoms with E-state index in [-0.39, 0.29) is 53.8 Å². The molecule has 232 valence electrons. The van der Waals surface area contributed by atoms with Crippen molar-refractivity contribution in [2.45, 2.75) is 62.9 Å². The summed E-state index contributed by atoms with van der Waals surface area (Å²) in [7, 11) is 1.29. The molecular weight excluding hydrogens is 588 g/mol. The minimum Gasteiger partial charge on any atom is -0.469 e. The highest BCUT2D eigenvalue weighted by atomic mass is 35.5. The molecule has 5 heterocycles. The lowest BCUT2D eigenvalue weighted by atomic mass is 9.72. The summed E-state index contributed by atoms with van der Waals surface area (Å²) in [4.78, 5) is 45.2. The maximum Gasteiger partial charge on any atom is 0.360 e. The van der Waals surface area contributed by atoms with Crippen LogP contribution in [0, 0.1) is 11.8 Å². The van der Waals surface area contributed by atoms with Crippen LogP contribution in [-0.4, -0.2) is 59.8 Å². The van der Waals surface area contributed by atoms with E-state index in [0.29, 0.717) is 25.1 Å². The Morgan fingerprint density at radius 3 is 2.68 bits per heavy atom. The van der Waals surface area contributed by atoms with Gasteiger partial charge in [-0.2, -0.15) is 0 Å². The number of rotatable bonds is 5. The van der Waals surface area contributed by atoms with Crippen LogP contribution in [0.4, 0.5) is 5.69 Å². The summed E-state index contributed by atoms with van der Waals surface area (Å²) >= 11 is 0. The third-order valence-electron chi connectivity index (χ3n) is 9.15. The number of hydrogen-bond acceptors (Lipinski definition) is 10. The van der Waals surface area contributed by atoms with E-state index in [2.05, 4.69) is 20.9 Å². The Morgan fingerprint density at radius 2 is 1.95 bits per heavy atom. The molecule has 7 rings (SSSR count). The number of para-hydroxylation sites is 1. The second kappa shape index (κ2) is 11.2. The summed E-state index contributed by atoms with van der Waals surface area (Å²) in [6.07, 6.45) is -0.597. The summed E-state index contributed by atoms with van der Waals surface area (Å²) in [6, 6.07) is 12.3. The number of carbonyl (C=O) groups is 3. The van der Waals surface area contributed by atoms with Gasteiger partial charge < -0.3 is 34.9 Å². The molecule has 2 aromatic carbocycles. The predicted molar refractivity (Wildman–Crippen MR) is 161 cm³/mol. The summed E-state index contributed by atoms with van der Waals surface area (Å²) in [5, 5.41) is 19.6. The molecule has 3 aromatic rings. The number of amides is 1. The monoisotopic (exact) mass is 622 g/mol. The first-order valence-electron chi connectivity index (χ1n) is 14.7. The van der Waals surface area contributed by atoms with Crippen LogP contribution < -0.4 is 20.7 Å². The molecule has 0 aliphatic carbocycles. The molecule has 12 heteroatoms. The van der Waals surface area contributed by atoms with Gasteiger partial charge in [0.2, 0.25) is 11.8 Å². The second-order valence-electron chi connectivity index (χ2n) is 12.2. The van der Waals surface area contributed by atoms with Crippen molar-refractivity contribution in [3.05, 3.63) is 76.5 Å². The van der Waals surface area contributed by atoms with Gasteiger partial charge in [0.05, 0.1) is 19.3 Å². The van der Waals surface area contributed by atoms with Gasteiger partial charge in [0.1, 0.15) is 17.2 Å². The number of oxazole rings is 1. The van der Waals surface area contributed by atoms with E-state index < -0.39 is 41.7 Å². The molecule has 4 bridgehead atoms. The highest BCUT2D eigenvalue weighted by molar-refractivity contribution is 5.92. The molecule has 4 N–H and O–H groups in total. The van der Waals surface area contributed by atoms with E-state index in [9.17, 15) is 19.5 Å². The van der Waals surface area contributed by atoms with E-state index in [1.165, 1.54) is 7.11 Å². The van der Waals surface area contributed by atoms with Crippen molar-refractivity contribution in [2.75, 3.05) is 19.0 Å². The van der Waals surface area contributed by atoms with Gasteiger partial charge in [-0.05, 0) is 42.0 Å². The van der Waals surface area contributed by atoms with E-state index in [4.69, 9.17) is 13.9 Å². The summed E-state index contributed by atoms with van der Waals surface area (Å²) in [6.45, 7) is 4.20. The number of esters is 1. The maximum absolute atomic E-state index is 13.9. The Balaban J connectivity index is 0.00000343. The zero-order chi connectivity index (χ0) is 30.0. The third-order valence-corrected chi connectivity index (χ3v) is 9.15. The number of nitrogens with zero attached hydrogens (tertiary/aromatic N) is 1. The first-order valence-corrected chi connectivity index (χ1v) is 14.7. The molecule has 1 saturated heterocycles. The van der Waals surface area contributed by atoms with Crippen molar-refractivity contribution in [3.63, 3.8) is 0 Å². The van der Waals surface area contributed by atoms with Crippen molar-refractivity contribution in [1.82, 2.24) is 15.6 Å². The number of anilines is 1. The van der Waals surface area contributed by atoms with Crippen LogP contribution in [0.15, 0.2) is 46.9 Å². The fraction of sp³-hybridized carbons (Fsp3) is 0.438. The fourth-order valence-electron chi connectivity index (χ4n) is 7.00. The van der Waals surface area contributed by atoms with Crippen molar-refractivity contribution in [2.24, 2.45) is 11.8 Å². The Kier molecular flexibility index (Phi) is 7.67. The number of aromatic nitrogens is 1. The molecule has 6 atom stereocenters. The summed E-state index contributed by atoms with van der Waals surface area (Å²) < 4.78 is 18.2. The van der Waals surface area contributed by atoms with Crippen LogP contribution in [0.25, 0.3) is 0 Å². The number of hydrogen-bond donors (Lipinski definition) is 4. The molecule has 0 radical (unpaired) electrons. The largest absolute Gasteiger partial charge is 0.469 e. The van der Waals surface area contributed by atoms with E-state index in [1.807, 2.05) is 56.3 Å². The summed E-state index contributed by atoms with van der Waals surface area (Å²) in [5.41, 5.74) is 2.25. The lowest BCUT2D eigenvalue weighted by Crippen LogP contribution is -2.41. The zero-order valence-electron chi connectivity index (χ0n) is 24.6. The number of benzene rings is 2. The summed E-state index contributed by atoms with van der Waals surface area (Å²) in [5.74, 6) is -0.883. The molecule has 1 amide bonds. The van der Waals surface area contributed by atoms with Gasteiger partial charge >= 0.3 is 5.97 Å². The van der Waals surface area contributed by atoms with Crippen LogP contribution in [0.1, 0.15) is 71.6 Å². The highest BCUT2D eigenvalue weighted by Crippen LogP contribution is 2.58. The molecule has 0 saturated carbocycles. The van der Waals surface area contributed by atoms with Gasteiger partial charge in [-0.1, -0.05) is 44.2 Å². The lowest BCUT2D eigenvalue weighted by Gasteiger charge is -2.28. The average molecular weight is 623 g/mol. The van der Waals surface area contributed by atoms with Crippen LogP contribution >= 0.6 is 12.4 Å². The normalized spacial score (nSPS) is 27.9. The van der Waals surface area contributed by atoms with Crippen LogP contribution in [-0.2, 0) is 26.2 Å². The van der Waals surface area contributed by atoms with Gasteiger partial charge in [0.15, 0.2) is 23.5 Å².